The topological polar surface area (TPSA) is 105 Å². The van der Waals surface area contributed by atoms with E-state index in [0.29, 0.717) is 5.75 Å². The van der Waals surface area contributed by atoms with Gasteiger partial charge in [-0.1, -0.05) is 6.58 Å². The van der Waals surface area contributed by atoms with E-state index in [2.05, 4.69) is 22.5 Å². The molecule has 2 rings (SSSR count). The van der Waals surface area contributed by atoms with Gasteiger partial charge in [-0.3, -0.25) is 4.79 Å². The van der Waals surface area contributed by atoms with Crippen LogP contribution in [0.3, 0.4) is 0 Å². The smallest absolute Gasteiger partial charge is 0.323 e. The van der Waals surface area contributed by atoms with Crippen molar-refractivity contribution in [1.29, 1.82) is 0 Å². The minimum atomic E-state index is -0.579. The van der Waals surface area contributed by atoms with Crippen molar-refractivity contribution in [1.82, 2.24) is 16.0 Å². The second kappa shape index (κ2) is 6.82. The van der Waals surface area contributed by atoms with Gasteiger partial charge in [-0.25, -0.2) is 9.18 Å². The number of benzene rings is 1. The Morgan fingerprint density at radius 1 is 1.39 bits per heavy atom. The molecule has 0 bridgehead atoms. The summed E-state index contributed by atoms with van der Waals surface area (Å²) in [6.07, 6.45) is -0.369. The highest BCUT2D eigenvalue weighted by Crippen LogP contribution is 2.13. The highest BCUT2D eigenvalue weighted by atomic mass is 19.1. The van der Waals surface area contributed by atoms with Crippen LogP contribution in [-0.2, 0) is 4.79 Å². The van der Waals surface area contributed by atoms with E-state index in [9.17, 15) is 14.0 Å². The first-order valence-corrected chi connectivity index (χ1v) is 6.84. The summed E-state index contributed by atoms with van der Waals surface area (Å²) < 4.78 is 18.3. The molecule has 0 saturated heterocycles. The van der Waals surface area contributed by atoms with E-state index < -0.39 is 11.9 Å². The number of urea groups is 1. The molecule has 1 aromatic rings. The van der Waals surface area contributed by atoms with E-state index in [1.54, 1.807) is 6.92 Å². The predicted octanol–water partition coefficient (Wildman–Crippen LogP) is 0.706. The first-order chi connectivity index (χ1) is 10.9. The van der Waals surface area contributed by atoms with Gasteiger partial charge in [-0.05, 0) is 31.2 Å². The molecule has 1 unspecified atom stereocenters. The fourth-order valence-corrected chi connectivity index (χ4v) is 1.86. The minimum Gasteiger partial charge on any atom is -0.489 e. The number of halogens is 1. The third-order valence-corrected chi connectivity index (χ3v) is 3.03. The lowest BCUT2D eigenvalue weighted by molar-refractivity contribution is -0.118. The molecule has 0 spiro atoms. The molecule has 1 aliphatic heterocycles. The Bertz CT molecular complexity index is 670. The van der Waals surface area contributed by atoms with Gasteiger partial charge in [0, 0.05) is 0 Å². The highest BCUT2D eigenvalue weighted by molar-refractivity contribution is 6.00. The number of nitrogens with one attached hydrogen (secondary N) is 3. The van der Waals surface area contributed by atoms with Crippen LogP contribution in [0, 0.1) is 5.82 Å². The van der Waals surface area contributed by atoms with Crippen LogP contribution in [-0.4, -0.2) is 24.6 Å². The summed E-state index contributed by atoms with van der Waals surface area (Å²) in [6.45, 7) is 5.45. The zero-order valence-electron chi connectivity index (χ0n) is 12.5. The van der Waals surface area contributed by atoms with Crippen LogP contribution in [0.5, 0.6) is 5.75 Å². The van der Waals surface area contributed by atoms with E-state index in [4.69, 9.17) is 10.5 Å². The van der Waals surface area contributed by atoms with Crippen LogP contribution in [0.25, 0.3) is 0 Å². The van der Waals surface area contributed by atoms with Gasteiger partial charge in [0.15, 0.2) is 0 Å². The maximum Gasteiger partial charge on any atom is 0.323 e. The normalized spacial score (nSPS) is 15.6. The molecule has 0 aromatic heterocycles. The van der Waals surface area contributed by atoms with Crippen LogP contribution in [0.15, 0.2) is 47.9 Å². The Hall–Kier alpha value is -3.03. The van der Waals surface area contributed by atoms with E-state index in [1.165, 1.54) is 24.3 Å². The number of ether oxygens (including phenoxy) is 1. The van der Waals surface area contributed by atoms with Crippen LogP contribution >= 0.6 is 0 Å². The van der Waals surface area contributed by atoms with E-state index in [1.807, 2.05) is 0 Å². The Morgan fingerprint density at radius 3 is 2.70 bits per heavy atom. The van der Waals surface area contributed by atoms with Crippen molar-refractivity contribution < 1.29 is 18.7 Å². The standard InChI is InChI=1S/C15H17FN4O3/c1-8(23-11-5-3-10(16)4-6-11)7-18-14(21)13-12(17)9(2)19-15(22)20-13/h3-6,8H,2,7,17H2,1H3,(H,18,21)(H2,19,20,22). The molecule has 1 atom stereocenters. The number of amides is 3. The maximum atomic E-state index is 12.8. The molecule has 0 aliphatic carbocycles. The third-order valence-electron chi connectivity index (χ3n) is 3.03. The second-order valence-electron chi connectivity index (χ2n) is 4.94. The van der Waals surface area contributed by atoms with Gasteiger partial charge >= 0.3 is 6.03 Å². The van der Waals surface area contributed by atoms with Crippen LogP contribution < -0.4 is 26.4 Å². The molecular weight excluding hydrogens is 303 g/mol. The average molecular weight is 320 g/mol. The monoisotopic (exact) mass is 320 g/mol. The van der Waals surface area contributed by atoms with Crippen molar-refractivity contribution in [2.75, 3.05) is 6.54 Å². The Kier molecular flexibility index (Phi) is 4.85. The lowest BCUT2D eigenvalue weighted by atomic mass is 10.2. The van der Waals surface area contributed by atoms with Gasteiger partial charge in [-0.2, -0.15) is 0 Å². The summed E-state index contributed by atoms with van der Waals surface area (Å²) in [6, 6.07) is 4.96. The number of rotatable bonds is 5. The highest BCUT2D eigenvalue weighted by Gasteiger charge is 2.24. The Morgan fingerprint density at radius 2 is 2.04 bits per heavy atom. The quantitative estimate of drug-likeness (QED) is 0.641. The number of nitrogens with two attached hydrogens (primary N) is 1. The molecule has 122 valence electrons. The summed E-state index contributed by atoms with van der Waals surface area (Å²) in [5.74, 6) is -0.425. The number of hydrogen-bond donors (Lipinski definition) is 4. The molecule has 7 nitrogen and oxygen atoms in total. The molecule has 5 N–H and O–H groups in total. The predicted molar refractivity (Wildman–Crippen MR) is 81.5 cm³/mol. The number of carbonyl (C=O) groups is 2. The lowest BCUT2D eigenvalue weighted by Gasteiger charge is -2.21. The zero-order valence-corrected chi connectivity index (χ0v) is 12.5. The van der Waals surface area contributed by atoms with Gasteiger partial charge < -0.3 is 26.4 Å². The van der Waals surface area contributed by atoms with Gasteiger partial charge in [0.05, 0.1) is 17.9 Å². The van der Waals surface area contributed by atoms with Gasteiger partial charge in [-0.15, -0.1) is 0 Å². The van der Waals surface area contributed by atoms with E-state index >= 15 is 0 Å². The fraction of sp³-hybridized carbons (Fsp3) is 0.200. The first kappa shape index (κ1) is 16.3. The summed E-state index contributed by atoms with van der Waals surface area (Å²) in [7, 11) is 0. The van der Waals surface area contributed by atoms with Crippen LogP contribution in [0.4, 0.5) is 9.18 Å². The zero-order chi connectivity index (χ0) is 17.0. The molecule has 0 saturated carbocycles. The maximum absolute atomic E-state index is 12.8. The Balaban J connectivity index is 1.91. The van der Waals surface area contributed by atoms with Crippen molar-refractivity contribution >= 4 is 11.9 Å². The summed E-state index contributed by atoms with van der Waals surface area (Å²) in [4.78, 5) is 23.4. The second-order valence-corrected chi connectivity index (χ2v) is 4.94. The summed E-state index contributed by atoms with van der Waals surface area (Å²) in [5.41, 5.74) is 5.87. The largest absolute Gasteiger partial charge is 0.489 e. The third kappa shape index (κ3) is 4.22. The molecule has 3 amide bonds. The van der Waals surface area contributed by atoms with Crippen LogP contribution in [0.2, 0.25) is 0 Å². The molecule has 1 aliphatic rings. The first-order valence-electron chi connectivity index (χ1n) is 6.84. The molecule has 23 heavy (non-hydrogen) atoms. The van der Waals surface area contributed by atoms with Crippen LogP contribution in [0.1, 0.15) is 6.92 Å². The molecule has 1 heterocycles. The van der Waals surface area contributed by atoms with Crippen molar-refractivity contribution in [3.8, 4) is 5.75 Å². The molecule has 0 fully saturated rings. The number of hydrogen-bond acceptors (Lipinski definition) is 4. The Labute approximate surface area is 132 Å². The molecule has 1 aromatic carbocycles. The van der Waals surface area contributed by atoms with Gasteiger partial charge in [0.2, 0.25) is 0 Å². The van der Waals surface area contributed by atoms with Crippen molar-refractivity contribution in [2.24, 2.45) is 5.73 Å². The summed E-state index contributed by atoms with van der Waals surface area (Å²) in [5, 5.41) is 7.27. The van der Waals surface area contributed by atoms with E-state index in [0.717, 1.165) is 0 Å². The molecule has 0 radical (unpaired) electrons. The SMILES string of the molecule is C=C1NC(=O)NC(C(=O)NCC(C)Oc2ccc(F)cc2)=C1N. The van der Waals surface area contributed by atoms with Crippen molar-refractivity contribution in [3.05, 3.63) is 53.8 Å². The number of carbonyl (C=O) groups excluding carboxylic acids is 2. The van der Waals surface area contributed by atoms with Crippen molar-refractivity contribution in [2.45, 2.75) is 13.0 Å². The van der Waals surface area contributed by atoms with Gasteiger partial charge in [0.25, 0.3) is 5.91 Å². The fourth-order valence-electron chi connectivity index (χ4n) is 1.86. The lowest BCUT2D eigenvalue weighted by Crippen LogP contribution is -2.48. The molecule has 8 heteroatoms. The van der Waals surface area contributed by atoms with Gasteiger partial charge in [0.1, 0.15) is 23.4 Å². The molecular formula is C15H17FN4O3. The average Bonchev–Trinajstić information content (AvgIpc) is 2.50. The van der Waals surface area contributed by atoms with E-state index in [-0.39, 0.29) is 35.6 Å². The summed E-state index contributed by atoms with van der Waals surface area (Å²) >= 11 is 0. The van der Waals surface area contributed by atoms with Crippen molar-refractivity contribution in [3.63, 3.8) is 0 Å². The minimum absolute atomic E-state index is 0.0623.